The minimum absolute atomic E-state index is 0.106. The number of likely N-dealkylation sites (tertiary alicyclic amines) is 1. The Balaban J connectivity index is 1.02. The first-order chi connectivity index (χ1) is 22.8. The maximum absolute atomic E-state index is 7.05. The van der Waals surface area contributed by atoms with Crippen molar-refractivity contribution in [1.29, 1.82) is 0 Å². The first-order valence-electron chi connectivity index (χ1n) is 17.0. The zero-order valence-corrected chi connectivity index (χ0v) is 28.9. The summed E-state index contributed by atoms with van der Waals surface area (Å²) in [6.07, 6.45) is 11.5. The van der Waals surface area contributed by atoms with Crippen molar-refractivity contribution < 1.29 is 0 Å². The number of benzene rings is 2. The summed E-state index contributed by atoms with van der Waals surface area (Å²) in [5.41, 5.74) is 8.97. The van der Waals surface area contributed by atoms with Crippen LogP contribution in [0.3, 0.4) is 0 Å². The van der Waals surface area contributed by atoms with Gasteiger partial charge in [0.25, 0.3) is 0 Å². The van der Waals surface area contributed by atoms with Gasteiger partial charge in [-0.25, -0.2) is 9.97 Å². The second kappa shape index (κ2) is 12.2. The minimum atomic E-state index is -0.302. The molecule has 2 N–H and O–H groups in total. The Bertz CT molecular complexity index is 1810. The summed E-state index contributed by atoms with van der Waals surface area (Å²) in [6, 6.07) is 13.1. The quantitative estimate of drug-likeness (QED) is 0.142. The smallest absolute Gasteiger partial charge is 0.205 e. The monoisotopic (exact) mass is 666 g/mol. The van der Waals surface area contributed by atoms with Crippen molar-refractivity contribution in [1.82, 2.24) is 34.2 Å². The number of thiocarbonyl (C=S) groups is 1. The molecule has 0 spiro atoms. The third-order valence-corrected chi connectivity index (χ3v) is 11.8. The van der Waals surface area contributed by atoms with Gasteiger partial charge in [-0.15, -0.1) is 0 Å². The van der Waals surface area contributed by atoms with Crippen LogP contribution >= 0.6 is 23.8 Å². The molecule has 8 nitrogen and oxygen atoms in total. The summed E-state index contributed by atoms with van der Waals surface area (Å²) in [5.74, 6) is 1.52. The summed E-state index contributed by atoms with van der Waals surface area (Å²) >= 11 is 13.1. The van der Waals surface area contributed by atoms with Crippen LogP contribution in [0.2, 0.25) is 5.02 Å². The lowest BCUT2D eigenvalue weighted by Crippen LogP contribution is -2.38. The van der Waals surface area contributed by atoms with Gasteiger partial charge in [-0.1, -0.05) is 68.0 Å². The fourth-order valence-electron chi connectivity index (χ4n) is 7.97. The van der Waals surface area contributed by atoms with Gasteiger partial charge in [0.05, 0.1) is 24.2 Å². The van der Waals surface area contributed by atoms with Crippen LogP contribution in [0.1, 0.15) is 73.7 Å². The predicted molar refractivity (Wildman–Crippen MR) is 193 cm³/mol. The molecule has 0 radical (unpaired) electrons. The molecule has 0 bridgehead atoms. The summed E-state index contributed by atoms with van der Waals surface area (Å²) in [4.78, 5) is 20.5. The molecule has 0 amide bonds. The van der Waals surface area contributed by atoms with Crippen molar-refractivity contribution in [3.8, 4) is 11.1 Å². The fraction of sp³-hybridized carbons (Fsp3) is 0.432. The molecule has 2 aromatic heterocycles. The number of hydrogen-bond acceptors (Lipinski definition) is 6. The molecule has 10 heteroatoms. The summed E-state index contributed by atoms with van der Waals surface area (Å²) in [6.45, 7) is 15.5. The lowest BCUT2D eigenvalue weighted by molar-refractivity contribution is 0.134. The lowest BCUT2D eigenvalue weighted by Gasteiger charge is -2.32. The molecular formula is C37H43ClN8S. The average molecular weight is 667 g/mol. The number of aromatic amines is 1. The van der Waals surface area contributed by atoms with E-state index in [1.54, 1.807) is 12.4 Å². The third kappa shape index (κ3) is 5.61. The van der Waals surface area contributed by atoms with E-state index < -0.39 is 0 Å². The van der Waals surface area contributed by atoms with E-state index in [0.29, 0.717) is 17.5 Å². The number of imidazole rings is 2. The largest absolute Gasteiger partial charge is 0.352 e. The highest BCUT2D eigenvalue weighted by Gasteiger charge is 2.49. The van der Waals surface area contributed by atoms with E-state index in [0.717, 1.165) is 77.2 Å². The molecule has 0 aliphatic carbocycles. The van der Waals surface area contributed by atoms with Gasteiger partial charge in [0, 0.05) is 54.0 Å². The summed E-state index contributed by atoms with van der Waals surface area (Å²) in [5, 5.41) is 4.07. The first-order valence-corrected chi connectivity index (χ1v) is 17.8. The van der Waals surface area contributed by atoms with E-state index in [-0.39, 0.29) is 11.6 Å². The van der Waals surface area contributed by atoms with Crippen LogP contribution in [-0.4, -0.2) is 65.5 Å². The Morgan fingerprint density at radius 1 is 1.15 bits per heavy atom. The molecule has 4 aromatic rings. The van der Waals surface area contributed by atoms with E-state index in [1.165, 1.54) is 43.6 Å². The Labute approximate surface area is 287 Å². The molecule has 2 aromatic carbocycles. The van der Waals surface area contributed by atoms with Crippen molar-refractivity contribution in [2.75, 3.05) is 31.6 Å². The minimum Gasteiger partial charge on any atom is -0.352 e. The van der Waals surface area contributed by atoms with Gasteiger partial charge in [-0.05, 0) is 86.0 Å². The molecule has 244 valence electrons. The highest BCUT2D eigenvalue weighted by Crippen LogP contribution is 2.46. The van der Waals surface area contributed by atoms with E-state index in [4.69, 9.17) is 28.8 Å². The van der Waals surface area contributed by atoms with Crippen LogP contribution in [0.4, 0.5) is 5.95 Å². The molecule has 4 aliphatic rings. The van der Waals surface area contributed by atoms with Crippen molar-refractivity contribution >= 4 is 40.5 Å². The number of halogens is 1. The number of aromatic nitrogens is 4. The number of piperidine rings is 1. The Kier molecular flexibility index (Phi) is 7.99. The zero-order valence-electron chi connectivity index (χ0n) is 27.3. The van der Waals surface area contributed by atoms with Crippen molar-refractivity contribution in [2.45, 2.75) is 70.6 Å². The second-order valence-corrected chi connectivity index (χ2v) is 14.8. The van der Waals surface area contributed by atoms with Crippen LogP contribution in [0, 0.1) is 5.92 Å². The van der Waals surface area contributed by atoms with Gasteiger partial charge < -0.3 is 19.8 Å². The molecule has 3 atom stereocenters. The lowest BCUT2D eigenvalue weighted by atomic mass is 9.94. The van der Waals surface area contributed by atoms with Crippen LogP contribution in [0.15, 0.2) is 61.7 Å². The van der Waals surface area contributed by atoms with Crippen molar-refractivity contribution in [2.24, 2.45) is 5.92 Å². The van der Waals surface area contributed by atoms with Gasteiger partial charge in [0.2, 0.25) is 5.95 Å². The Morgan fingerprint density at radius 2 is 1.96 bits per heavy atom. The first kappa shape index (κ1) is 30.8. The van der Waals surface area contributed by atoms with Gasteiger partial charge in [-0.3, -0.25) is 9.80 Å². The molecule has 0 saturated carbocycles. The maximum Gasteiger partial charge on any atom is 0.205 e. The van der Waals surface area contributed by atoms with Crippen molar-refractivity contribution in [3.63, 3.8) is 0 Å². The maximum atomic E-state index is 7.05. The molecular weight excluding hydrogens is 624 g/mol. The molecule has 47 heavy (non-hydrogen) atoms. The molecule has 2 saturated heterocycles. The standard InChI is InChI=1S/C37H43ClN8S/c1-4-25-11-16-43(17-12-25)23-45-21-37(45,3)28-9-7-26(8-10-28)27-18-29-24(2)46(20-30(29)31(38)19-27)34(35(47)42-36-39-13-14-40-36)33-32-6-5-15-44(32)22-41-33/h7-10,13-14,18-19,22,25,34H,2,4-6,11-12,15-17,20-21,23H2,1,3H3,(H2,39,40,42,47). The SMILES string of the molecule is C=C1c2cc(-c3ccc(C4(C)CN4CN4CCC(CC)CC4)cc3)cc(Cl)c2CN1C(C(=S)Nc1ncc[nH]1)c1ncn2c1CCC2. The fourth-order valence-corrected chi connectivity index (χ4v) is 8.58. The molecule has 2 fully saturated rings. The van der Waals surface area contributed by atoms with Crippen molar-refractivity contribution in [3.05, 3.63) is 94.8 Å². The van der Waals surface area contributed by atoms with Crippen LogP contribution in [0.5, 0.6) is 0 Å². The second-order valence-electron chi connectivity index (χ2n) is 13.9. The van der Waals surface area contributed by atoms with E-state index in [9.17, 15) is 0 Å². The van der Waals surface area contributed by atoms with Gasteiger partial charge in [0.1, 0.15) is 11.0 Å². The zero-order chi connectivity index (χ0) is 32.3. The van der Waals surface area contributed by atoms with Crippen LogP contribution in [-0.2, 0) is 25.0 Å². The van der Waals surface area contributed by atoms with E-state index >= 15 is 0 Å². The number of nitrogens with one attached hydrogen (secondary N) is 2. The molecule has 4 aliphatic heterocycles. The highest BCUT2D eigenvalue weighted by atomic mass is 35.5. The average Bonchev–Trinajstić information content (AvgIpc) is 3.66. The van der Waals surface area contributed by atoms with Gasteiger partial charge >= 0.3 is 0 Å². The highest BCUT2D eigenvalue weighted by molar-refractivity contribution is 7.80. The van der Waals surface area contributed by atoms with E-state index in [2.05, 4.69) is 91.4 Å². The number of H-pyrrole nitrogens is 1. The summed E-state index contributed by atoms with van der Waals surface area (Å²) in [7, 11) is 0. The van der Waals surface area contributed by atoms with Crippen LogP contribution in [0.25, 0.3) is 16.8 Å². The molecule has 8 rings (SSSR count). The number of rotatable bonds is 9. The Hall–Kier alpha value is -3.50. The summed E-state index contributed by atoms with van der Waals surface area (Å²) < 4.78 is 2.25. The topological polar surface area (TPSA) is 68.0 Å². The molecule has 6 heterocycles. The number of nitrogens with zero attached hydrogens (tertiary/aromatic N) is 6. The number of aryl methyl sites for hydroxylation is 1. The number of fused-ring (bicyclic) bond motifs is 2. The Morgan fingerprint density at radius 3 is 2.70 bits per heavy atom. The predicted octanol–water partition coefficient (Wildman–Crippen LogP) is 7.45. The van der Waals surface area contributed by atoms with Gasteiger partial charge in [-0.2, -0.15) is 0 Å². The van der Waals surface area contributed by atoms with Gasteiger partial charge in [0.15, 0.2) is 0 Å². The normalized spacial score (nSPS) is 23.2. The number of anilines is 1. The molecule has 3 unspecified atom stereocenters. The third-order valence-electron chi connectivity index (χ3n) is 11.1. The van der Waals surface area contributed by atoms with E-state index in [1.807, 2.05) is 6.33 Å². The van der Waals surface area contributed by atoms with Crippen LogP contribution < -0.4 is 5.32 Å². The number of hydrogen-bond donors (Lipinski definition) is 2.